The number of aryl methyl sites for hydroxylation is 2. The quantitative estimate of drug-likeness (QED) is 0.428. The number of carbonyl (C=O) groups is 2. The molecule has 0 unspecified atom stereocenters. The van der Waals surface area contributed by atoms with Crippen molar-refractivity contribution in [3.63, 3.8) is 0 Å². The van der Waals surface area contributed by atoms with E-state index >= 15 is 0 Å². The second kappa shape index (κ2) is 10.4. The Hall–Kier alpha value is -3.19. The van der Waals surface area contributed by atoms with Crippen LogP contribution in [0.2, 0.25) is 0 Å². The first-order valence-electron chi connectivity index (χ1n) is 11.5. The average Bonchev–Trinajstić information content (AvgIpc) is 3.58. The van der Waals surface area contributed by atoms with Gasteiger partial charge in [0.15, 0.2) is 0 Å². The van der Waals surface area contributed by atoms with Crippen LogP contribution in [0.25, 0.3) is 0 Å². The van der Waals surface area contributed by atoms with Crippen molar-refractivity contribution in [1.29, 1.82) is 0 Å². The van der Waals surface area contributed by atoms with Crippen LogP contribution in [0.15, 0.2) is 53.9 Å². The molecule has 1 aliphatic carbocycles. The van der Waals surface area contributed by atoms with E-state index < -0.39 is 0 Å². The summed E-state index contributed by atoms with van der Waals surface area (Å²) >= 11 is 1.61. The minimum atomic E-state index is -0.307. The largest absolute Gasteiger partial charge is 0.332 e. The molecule has 2 aromatic carbocycles. The zero-order valence-corrected chi connectivity index (χ0v) is 20.6. The van der Waals surface area contributed by atoms with Crippen LogP contribution in [0.4, 0.5) is 14.9 Å². The monoisotopic (exact) mass is 479 g/mol. The standard InChI is InChI=1S/C27H30FN3O2S/c1-18-5-4-6-24(20(18)3)29-27(33)31(23-11-12-23)17-26(32)30(16-25-19(2)13-14-34-25)15-21-7-9-22(28)10-8-21/h4-10,13-14,23H,11-12,15-17H2,1-3H3,(H,29,33). The molecule has 0 radical (unpaired) electrons. The number of nitrogens with zero attached hydrogens (tertiary/aromatic N) is 2. The van der Waals surface area contributed by atoms with Crippen LogP contribution in [0.1, 0.15) is 40.0 Å². The number of nitrogens with one attached hydrogen (secondary N) is 1. The number of hydrogen-bond acceptors (Lipinski definition) is 3. The zero-order valence-electron chi connectivity index (χ0n) is 19.8. The third kappa shape index (κ3) is 5.83. The van der Waals surface area contributed by atoms with Crippen molar-refractivity contribution in [2.75, 3.05) is 11.9 Å². The molecule has 3 amide bonds. The van der Waals surface area contributed by atoms with E-state index in [1.807, 2.05) is 50.4 Å². The maximum absolute atomic E-state index is 13.5. The molecule has 5 nitrogen and oxygen atoms in total. The van der Waals surface area contributed by atoms with Crippen molar-refractivity contribution >= 4 is 29.0 Å². The number of anilines is 1. The Labute approximate surface area is 204 Å². The SMILES string of the molecule is Cc1ccsc1CN(Cc1ccc(F)cc1)C(=O)CN(C(=O)Nc1cccc(C)c1C)C1CC1. The highest BCUT2D eigenvalue weighted by molar-refractivity contribution is 7.10. The van der Waals surface area contributed by atoms with Gasteiger partial charge in [-0.25, -0.2) is 9.18 Å². The zero-order chi connectivity index (χ0) is 24.2. The van der Waals surface area contributed by atoms with Crippen LogP contribution in [0.3, 0.4) is 0 Å². The van der Waals surface area contributed by atoms with Crippen molar-refractivity contribution in [3.05, 3.63) is 86.9 Å². The Kier molecular flexibility index (Phi) is 7.32. The lowest BCUT2D eigenvalue weighted by Gasteiger charge is -2.28. The van der Waals surface area contributed by atoms with E-state index in [1.165, 1.54) is 12.1 Å². The van der Waals surface area contributed by atoms with E-state index in [9.17, 15) is 14.0 Å². The normalized spacial score (nSPS) is 12.9. The minimum Gasteiger partial charge on any atom is -0.332 e. The maximum Gasteiger partial charge on any atom is 0.322 e. The molecule has 7 heteroatoms. The van der Waals surface area contributed by atoms with Crippen LogP contribution >= 0.6 is 11.3 Å². The molecule has 1 aliphatic rings. The first kappa shape index (κ1) is 24.0. The van der Waals surface area contributed by atoms with Gasteiger partial charge in [0.05, 0.1) is 6.54 Å². The van der Waals surface area contributed by atoms with Crippen molar-refractivity contribution in [1.82, 2.24) is 9.80 Å². The van der Waals surface area contributed by atoms with Gasteiger partial charge in [0.1, 0.15) is 12.4 Å². The van der Waals surface area contributed by atoms with E-state index in [4.69, 9.17) is 0 Å². The highest BCUT2D eigenvalue weighted by atomic mass is 32.1. The number of hydrogen-bond donors (Lipinski definition) is 1. The van der Waals surface area contributed by atoms with Gasteiger partial charge in [0.2, 0.25) is 5.91 Å². The van der Waals surface area contributed by atoms with Crippen LogP contribution in [-0.2, 0) is 17.9 Å². The Morgan fingerprint density at radius 2 is 1.74 bits per heavy atom. The Morgan fingerprint density at radius 3 is 2.38 bits per heavy atom. The molecule has 1 N–H and O–H groups in total. The van der Waals surface area contributed by atoms with Crippen LogP contribution in [0.5, 0.6) is 0 Å². The third-order valence-electron chi connectivity index (χ3n) is 6.34. The predicted octanol–water partition coefficient (Wildman–Crippen LogP) is 6.04. The highest BCUT2D eigenvalue weighted by Crippen LogP contribution is 2.29. The number of thiophene rings is 1. The fraction of sp³-hybridized carbons (Fsp3) is 0.333. The summed E-state index contributed by atoms with van der Waals surface area (Å²) in [7, 11) is 0. The lowest BCUT2D eigenvalue weighted by atomic mass is 10.1. The van der Waals surface area contributed by atoms with Gasteiger partial charge >= 0.3 is 6.03 Å². The van der Waals surface area contributed by atoms with Crippen molar-refractivity contribution in [3.8, 4) is 0 Å². The topological polar surface area (TPSA) is 52.7 Å². The molecule has 0 bridgehead atoms. The second-order valence-electron chi connectivity index (χ2n) is 8.94. The summed E-state index contributed by atoms with van der Waals surface area (Å²) in [6.45, 7) is 6.83. The summed E-state index contributed by atoms with van der Waals surface area (Å²) in [5.41, 5.74) is 4.86. The molecule has 1 heterocycles. The number of rotatable bonds is 8. The first-order chi connectivity index (χ1) is 16.3. The molecule has 0 atom stereocenters. The summed E-state index contributed by atoms with van der Waals surface area (Å²) < 4.78 is 13.4. The highest BCUT2D eigenvalue weighted by Gasteiger charge is 2.35. The predicted molar refractivity (Wildman–Crippen MR) is 134 cm³/mol. The van der Waals surface area contributed by atoms with Crippen LogP contribution in [0, 0.1) is 26.6 Å². The fourth-order valence-corrected chi connectivity index (χ4v) is 4.77. The number of halogens is 1. The number of amides is 3. The molecule has 1 fully saturated rings. The number of carbonyl (C=O) groups excluding carboxylic acids is 2. The second-order valence-corrected chi connectivity index (χ2v) is 9.94. The van der Waals surface area contributed by atoms with Gasteiger partial charge in [-0.3, -0.25) is 4.79 Å². The molecule has 1 aromatic heterocycles. The summed E-state index contributed by atoms with van der Waals surface area (Å²) in [6, 6.07) is 13.9. The molecule has 3 aromatic rings. The molecule has 1 saturated carbocycles. The molecule has 0 aliphatic heterocycles. The first-order valence-corrected chi connectivity index (χ1v) is 12.4. The van der Waals surface area contributed by atoms with Gasteiger partial charge in [-0.1, -0.05) is 24.3 Å². The van der Waals surface area contributed by atoms with E-state index in [-0.39, 0.29) is 30.3 Å². The number of benzene rings is 2. The van der Waals surface area contributed by atoms with E-state index in [0.717, 1.165) is 45.7 Å². The molecule has 34 heavy (non-hydrogen) atoms. The summed E-state index contributed by atoms with van der Waals surface area (Å²) in [5, 5.41) is 5.02. The van der Waals surface area contributed by atoms with Gasteiger partial charge in [0.25, 0.3) is 0 Å². The van der Waals surface area contributed by atoms with Crippen molar-refractivity contribution in [2.24, 2.45) is 0 Å². The fourth-order valence-electron chi connectivity index (χ4n) is 3.85. The molecule has 4 rings (SSSR count). The maximum atomic E-state index is 13.5. The van der Waals surface area contributed by atoms with Crippen LogP contribution in [-0.4, -0.2) is 34.3 Å². The Morgan fingerprint density at radius 1 is 1.00 bits per heavy atom. The van der Waals surface area contributed by atoms with Crippen molar-refractivity contribution < 1.29 is 14.0 Å². The third-order valence-corrected chi connectivity index (χ3v) is 7.35. The van der Waals surface area contributed by atoms with Gasteiger partial charge in [-0.15, -0.1) is 11.3 Å². The Bertz CT molecular complexity index is 1170. The van der Waals surface area contributed by atoms with E-state index in [2.05, 4.69) is 5.32 Å². The molecule has 178 valence electrons. The van der Waals surface area contributed by atoms with Gasteiger partial charge < -0.3 is 15.1 Å². The number of urea groups is 1. The van der Waals surface area contributed by atoms with Gasteiger partial charge in [0, 0.05) is 23.2 Å². The smallest absolute Gasteiger partial charge is 0.322 e. The van der Waals surface area contributed by atoms with E-state index in [1.54, 1.807) is 33.3 Å². The van der Waals surface area contributed by atoms with E-state index in [0.29, 0.717) is 13.1 Å². The lowest BCUT2D eigenvalue weighted by molar-refractivity contribution is -0.133. The minimum absolute atomic E-state index is 0.00693. The average molecular weight is 480 g/mol. The summed E-state index contributed by atoms with van der Waals surface area (Å²) in [5.74, 6) is -0.432. The summed E-state index contributed by atoms with van der Waals surface area (Å²) in [4.78, 5) is 31.2. The molecule has 0 saturated heterocycles. The van der Waals surface area contributed by atoms with Crippen molar-refractivity contribution in [2.45, 2.75) is 52.7 Å². The van der Waals surface area contributed by atoms with Gasteiger partial charge in [-0.2, -0.15) is 0 Å². The summed E-state index contributed by atoms with van der Waals surface area (Å²) in [6.07, 6.45) is 1.80. The van der Waals surface area contributed by atoms with Gasteiger partial charge in [-0.05, 0) is 85.5 Å². The molecular weight excluding hydrogens is 449 g/mol. The molecular formula is C27H30FN3O2S. The Balaban J connectivity index is 1.51. The van der Waals surface area contributed by atoms with Crippen LogP contribution < -0.4 is 5.32 Å². The molecule has 0 spiro atoms. The lowest BCUT2D eigenvalue weighted by Crippen LogP contribution is -2.45.